The molecule has 0 unspecified atom stereocenters. The molecule has 0 aliphatic rings. The maximum atomic E-state index is 14.5. The Hall–Kier alpha value is -2.85. The molecule has 0 saturated carbocycles. The standard InChI is InChI=1S/C21H27FN2O6S/c1-4-30-13-7-12-23-21(25)15-24(18-9-6-5-8-17(18)22)31(26,27)16-10-11-19(28-2)20(14-16)29-3/h5-6,8-11,14H,4,7,12-13,15H2,1-3H3,(H,23,25). The molecule has 2 aromatic rings. The first kappa shape index (κ1) is 24.4. The fourth-order valence-electron chi connectivity index (χ4n) is 2.79. The first-order valence-corrected chi connectivity index (χ1v) is 11.1. The van der Waals surface area contributed by atoms with Gasteiger partial charge in [0.15, 0.2) is 11.5 Å². The SMILES string of the molecule is CCOCCCNC(=O)CN(c1ccccc1F)S(=O)(=O)c1ccc(OC)c(OC)c1. The van der Waals surface area contributed by atoms with Crippen molar-refractivity contribution in [2.75, 3.05) is 44.8 Å². The smallest absolute Gasteiger partial charge is 0.265 e. The van der Waals surface area contributed by atoms with Crippen molar-refractivity contribution in [3.63, 3.8) is 0 Å². The molecule has 31 heavy (non-hydrogen) atoms. The number of hydrogen-bond donors (Lipinski definition) is 1. The Balaban J connectivity index is 2.34. The van der Waals surface area contributed by atoms with Crippen LogP contribution < -0.4 is 19.1 Å². The minimum atomic E-state index is -4.30. The van der Waals surface area contributed by atoms with Crippen LogP contribution in [0.15, 0.2) is 47.4 Å². The van der Waals surface area contributed by atoms with E-state index in [0.717, 1.165) is 10.4 Å². The Morgan fingerprint density at radius 1 is 1.10 bits per heavy atom. The van der Waals surface area contributed by atoms with Gasteiger partial charge in [0.2, 0.25) is 5.91 Å². The summed E-state index contributed by atoms with van der Waals surface area (Å²) in [6, 6.07) is 9.37. The van der Waals surface area contributed by atoms with Crippen molar-refractivity contribution >= 4 is 21.6 Å². The van der Waals surface area contributed by atoms with E-state index >= 15 is 0 Å². The van der Waals surface area contributed by atoms with Gasteiger partial charge in [-0.3, -0.25) is 9.10 Å². The molecular weight excluding hydrogens is 427 g/mol. The summed E-state index contributed by atoms with van der Waals surface area (Å²) < 4.78 is 57.5. The molecular formula is C21H27FN2O6S. The maximum absolute atomic E-state index is 14.5. The van der Waals surface area contributed by atoms with Crippen molar-refractivity contribution in [1.82, 2.24) is 5.32 Å². The van der Waals surface area contributed by atoms with Crippen LogP contribution >= 0.6 is 0 Å². The number of carbonyl (C=O) groups excluding carboxylic acids is 1. The van der Waals surface area contributed by atoms with Crippen molar-refractivity contribution in [2.24, 2.45) is 0 Å². The van der Waals surface area contributed by atoms with Crippen molar-refractivity contribution < 1.29 is 31.8 Å². The first-order chi connectivity index (χ1) is 14.8. The number of ether oxygens (including phenoxy) is 3. The molecule has 0 bridgehead atoms. The van der Waals surface area contributed by atoms with Gasteiger partial charge in [-0.25, -0.2) is 12.8 Å². The highest BCUT2D eigenvalue weighted by atomic mass is 32.2. The van der Waals surface area contributed by atoms with Gasteiger partial charge in [-0.05, 0) is 37.6 Å². The van der Waals surface area contributed by atoms with E-state index in [1.807, 2.05) is 6.92 Å². The Bertz CT molecular complexity index is 984. The molecule has 10 heteroatoms. The van der Waals surface area contributed by atoms with E-state index in [9.17, 15) is 17.6 Å². The molecule has 8 nitrogen and oxygen atoms in total. The van der Waals surface area contributed by atoms with Crippen molar-refractivity contribution in [2.45, 2.75) is 18.2 Å². The highest BCUT2D eigenvalue weighted by Crippen LogP contribution is 2.32. The van der Waals surface area contributed by atoms with Crippen LogP contribution in [0.25, 0.3) is 0 Å². The Morgan fingerprint density at radius 2 is 1.81 bits per heavy atom. The lowest BCUT2D eigenvalue weighted by molar-refractivity contribution is -0.119. The third kappa shape index (κ3) is 6.31. The Kier molecular flexibility index (Phi) is 9.07. The highest BCUT2D eigenvalue weighted by molar-refractivity contribution is 7.92. The lowest BCUT2D eigenvalue weighted by Gasteiger charge is -2.25. The average Bonchev–Trinajstić information content (AvgIpc) is 2.77. The minimum Gasteiger partial charge on any atom is -0.493 e. The third-order valence-electron chi connectivity index (χ3n) is 4.34. The van der Waals surface area contributed by atoms with E-state index in [1.54, 1.807) is 0 Å². The van der Waals surface area contributed by atoms with Crippen LogP contribution in [-0.4, -0.2) is 54.8 Å². The van der Waals surface area contributed by atoms with Crippen molar-refractivity contribution in [3.05, 3.63) is 48.3 Å². The molecule has 0 fully saturated rings. The summed E-state index contributed by atoms with van der Waals surface area (Å²) >= 11 is 0. The number of anilines is 1. The second-order valence-corrected chi connectivity index (χ2v) is 8.24. The summed E-state index contributed by atoms with van der Waals surface area (Å²) in [6.45, 7) is 2.62. The van der Waals surface area contributed by atoms with Gasteiger partial charge in [0, 0.05) is 25.8 Å². The molecule has 0 heterocycles. The van der Waals surface area contributed by atoms with E-state index in [-0.39, 0.29) is 16.3 Å². The van der Waals surface area contributed by atoms with Crippen molar-refractivity contribution in [1.29, 1.82) is 0 Å². The summed E-state index contributed by atoms with van der Waals surface area (Å²) in [4.78, 5) is 12.3. The molecule has 1 N–H and O–H groups in total. The summed E-state index contributed by atoms with van der Waals surface area (Å²) in [5, 5.41) is 2.63. The van der Waals surface area contributed by atoms with Crippen LogP contribution in [0.4, 0.5) is 10.1 Å². The maximum Gasteiger partial charge on any atom is 0.265 e. The lowest BCUT2D eigenvalue weighted by atomic mass is 10.3. The van der Waals surface area contributed by atoms with Gasteiger partial charge in [0.1, 0.15) is 12.4 Å². The zero-order valence-electron chi connectivity index (χ0n) is 17.8. The number of halogens is 1. The zero-order valence-corrected chi connectivity index (χ0v) is 18.6. The van der Waals surface area contributed by atoms with Crippen molar-refractivity contribution in [3.8, 4) is 11.5 Å². The third-order valence-corrected chi connectivity index (χ3v) is 6.10. The van der Waals surface area contributed by atoms with Gasteiger partial charge < -0.3 is 19.5 Å². The van der Waals surface area contributed by atoms with Gasteiger partial charge in [0.05, 0.1) is 24.8 Å². The molecule has 0 aliphatic carbocycles. The van der Waals surface area contributed by atoms with E-state index in [1.165, 1.54) is 50.6 Å². The van der Waals surface area contributed by atoms with Crippen LogP contribution in [-0.2, 0) is 19.6 Å². The monoisotopic (exact) mass is 454 g/mol. The second-order valence-electron chi connectivity index (χ2n) is 6.38. The Labute approximate surface area is 182 Å². The molecule has 1 amide bonds. The average molecular weight is 455 g/mol. The highest BCUT2D eigenvalue weighted by Gasteiger charge is 2.30. The van der Waals surface area contributed by atoms with Crippen LogP contribution in [0.5, 0.6) is 11.5 Å². The number of sulfonamides is 1. The lowest BCUT2D eigenvalue weighted by Crippen LogP contribution is -2.41. The molecule has 0 aliphatic heterocycles. The van der Waals surface area contributed by atoms with Gasteiger partial charge in [-0.15, -0.1) is 0 Å². The zero-order chi connectivity index (χ0) is 22.9. The quantitative estimate of drug-likeness (QED) is 0.496. The fourth-order valence-corrected chi connectivity index (χ4v) is 4.24. The van der Waals surface area contributed by atoms with Crippen LogP contribution in [0.1, 0.15) is 13.3 Å². The molecule has 0 saturated heterocycles. The van der Waals surface area contributed by atoms with E-state index < -0.39 is 28.3 Å². The van der Waals surface area contributed by atoms with E-state index in [4.69, 9.17) is 14.2 Å². The molecule has 0 radical (unpaired) electrons. The number of amides is 1. The number of para-hydroxylation sites is 1. The molecule has 0 atom stereocenters. The van der Waals surface area contributed by atoms with Gasteiger partial charge in [-0.2, -0.15) is 0 Å². The number of methoxy groups -OCH3 is 2. The molecule has 2 aromatic carbocycles. The predicted octanol–water partition coefficient (Wildman–Crippen LogP) is 2.58. The number of nitrogens with one attached hydrogen (secondary N) is 1. The molecule has 0 aromatic heterocycles. The molecule has 0 spiro atoms. The van der Waals surface area contributed by atoms with Gasteiger partial charge >= 0.3 is 0 Å². The van der Waals surface area contributed by atoms with Gasteiger partial charge in [-0.1, -0.05) is 12.1 Å². The number of hydrogen-bond acceptors (Lipinski definition) is 6. The van der Waals surface area contributed by atoms with Crippen LogP contribution in [0.2, 0.25) is 0 Å². The topological polar surface area (TPSA) is 94.2 Å². The largest absolute Gasteiger partial charge is 0.493 e. The summed E-state index contributed by atoms with van der Waals surface area (Å²) in [7, 11) is -1.50. The van der Waals surface area contributed by atoms with E-state index in [2.05, 4.69) is 5.32 Å². The predicted molar refractivity (Wildman–Crippen MR) is 115 cm³/mol. The van der Waals surface area contributed by atoms with Crippen LogP contribution in [0.3, 0.4) is 0 Å². The number of nitrogens with zero attached hydrogens (tertiary/aromatic N) is 1. The number of carbonyl (C=O) groups is 1. The summed E-state index contributed by atoms with van der Waals surface area (Å²) in [5.41, 5.74) is -0.234. The minimum absolute atomic E-state index is 0.169. The van der Waals surface area contributed by atoms with Crippen LogP contribution in [0, 0.1) is 5.82 Å². The number of rotatable bonds is 12. The normalized spacial score (nSPS) is 11.1. The first-order valence-electron chi connectivity index (χ1n) is 9.68. The fraction of sp³-hybridized carbons (Fsp3) is 0.381. The Morgan fingerprint density at radius 3 is 2.45 bits per heavy atom. The molecule has 170 valence electrons. The van der Waals surface area contributed by atoms with Gasteiger partial charge in [0.25, 0.3) is 10.0 Å². The van der Waals surface area contributed by atoms with E-state index in [0.29, 0.717) is 31.9 Å². The second kappa shape index (κ2) is 11.5. The number of benzene rings is 2. The summed E-state index contributed by atoms with van der Waals surface area (Å²) in [6.07, 6.45) is 0.571. The summed E-state index contributed by atoms with van der Waals surface area (Å²) in [5.74, 6) is -0.803. The molecule has 2 rings (SSSR count).